The van der Waals surface area contributed by atoms with Crippen molar-refractivity contribution >= 4 is 52.2 Å². The van der Waals surface area contributed by atoms with Crippen molar-refractivity contribution in [3.8, 4) is 11.5 Å². The van der Waals surface area contributed by atoms with E-state index in [9.17, 15) is 9.59 Å². The van der Waals surface area contributed by atoms with Gasteiger partial charge in [0.15, 0.2) is 11.5 Å². The Morgan fingerprint density at radius 2 is 1.82 bits per heavy atom. The first kappa shape index (κ1) is 30.0. The summed E-state index contributed by atoms with van der Waals surface area (Å²) in [5, 5.41) is 5.42. The number of carbonyl (C=O) groups is 2. The van der Waals surface area contributed by atoms with E-state index < -0.39 is 6.03 Å². The lowest BCUT2D eigenvalue weighted by atomic mass is 10.1. The molecule has 1 saturated heterocycles. The Hall–Kier alpha value is -2.98. The van der Waals surface area contributed by atoms with Gasteiger partial charge in [-0.3, -0.25) is 4.79 Å². The molecule has 1 fully saturated rings. The topological polar surface area (TPSA) is 80.3 Å². The minimum atomic E-state index is -0.463. The van der Waals surface area contributed by atoms with Crippen molar-refractivity contribution in [3.63, 3.8) is 0 Å². The van der Waals surface area contributed by atoms with Crippen LogP contribution in [-0.2, 0) is 22.5 Å². The molecule has 2 heterocycles. The van der Waals surface area contributed by atoms with E-state index in [1.807, 2.05) is 35.7 Å². The summed E-state index contributed by atoms with van der Waals surface area (Å²) in [6.07, 6.45) is 2.20. The Bertz CT molecular complexity index is 1260. The molecule has 1 atom stereocenters. The molecule has 4 rings (SSSR count). The Morgan fingerprint density at radius 1 is 1.05 bits per heavy atom. The second-order valence-electron chi connectivity index (χ2n) is 9.38. The second-order valence-corrected chi connectivity index (χ2v) is 11.2. The van der Waals surface area contributed by atoms with Gasteiger partial charge in [0.1, 0.15) is 6.54 Å². The maximum atomic E-state index is 13.8. The monoisotopic (exact) mass is 605 g/mol. The van der Waals surface area contributed by atoms with E-state index in [0.29, 0.717) is 53.3 Å². The number of hydrogen-bond acceptors (Lipinski definition) is 6. The number of para-hydroxylation sites is 1. The first-order valence-corrected chi connectivity index (χ1v) is 14.6. The fraction of sp³-hybridized carbons (Fsp3) is 0.379. The number of hydrogen-bond donors (Lipinski definition) is 1. The minimum Gasteiger partial charge on any atom is -0.493 e. The van der Waals surface area contributed by atoms with Crippen LogP contribution < -0.4 is 14.8 Å². The third-order valence-corrected chi connectivity index (χ3v) is 8.14. The quantitative estimate of drug-likeness (QED) is 0.260. The van der Waals surface area contributed by atoms with Crippen molar-refractivity contribution in [2.24, 2.45) is 0 Å². The van der Waals surface area contributed by atoms with Gasteiger partial charge in [-0.25, -0.2) is 4.79 Å². The minimum absolute atomic E-state index is 0.120. The van der Waals surface area contributed by atoms with E-state index >= 15 is 0 Å². The predicted octanol–water partition coefficient (Wildman–Crippen LogP) is 6.36. The molecule has 1 aliphatic rings. The summed E-state index contributed by atoms with van der Waals surface area (Å²) in [5.74, 6) is 1.10. The standard InChI is InChI=1S/C29H33Cl2N3O5S/c1-37-25-11-10-20(16-26(25)38-2)12-13-33(18-22-7-5-15-40-22)27(35)19-34(17-21-6-4-14-39-21)29(36)32-28-23(30)8-3-9-24(28)31/h3,5,7-11,15-16,21H,4,6,12-14,17-19H2,1-2H3,(H,32,36). The number of amides is 3. The molecule has 11 heteroatoms. The zero-order valence-electron chi connectivity index (χ0n) is 22.5. The molecule has 1 N–H and O–H groups in total. The highest BCUT2D eigenvalue weighted by molar-refractivity contribution is 7.09. The molecule has 2 aromatic carbocycles. The van der Waals surface area contributed by atoms with Crippen molar-refractivity contribution in [2.75, 3.05) is 45.8 Å². The number of urea groups is 1. The average Bonchev–Trinajstić information content (AvgIpc) is 3.67. The molecular weight excluding hydrogens is 573 g/mol. The zero-order valence-corrected chi connectivity index (χ0v) is 24.9. The van der Waals surface area contributed by atoms with Gasteiger partial charge in [0.2, 0.25) is 5.91 Å². The number of nitrogens with zero attached hydrogens (tertiary/aromatic N) is 2. The Kier molecular flexibility index (Phi) is 10.9. The van der Waals surface area contributed by atoms with Crippen molar-refractivity contribution < 1.29 is 23.8 Å². The Balaban J connectivity index is 1.51. The molecule has 8 nitrogen and oxygen atoms in total. The largest absolute Gasteiger partial charge is 0.493 e. The molecule has 0 radical (unpaired) electrons. The lowest BCUT2D eigenvalue weighted by molar-refractivity contribution is -0.132. The summed E-state index contributed by atoms with van der Waals surface area (Å²) in [6.45, 7) is 1.70. The highest BCUT2D eigenvalue weighted by Gasteiger charge is 2.27. The van der Waals surface area contributed by atoms with Gasteiger partial charge in [0, 0.05) is 24.6 Å². The van der Waals surface area contributed by atoms with E-state index in [-0.39, 0.29) is 25.1 Å². The first-order valence-electron chi connectivity index (χ1n) is 13.0. The highest BCUT2D eigenvalue weighted by Crippen LogP contribution is 2.30. The van der Waals surface area contributed by atoms with Gasteiger partial charge in [-0.2, -0.15) is 0 Å². The Morgan fingerprint density at radius 3 is 2.48 bits per heavy atom. The summed E-state index contributed by atoms with van der Waals surface area (Å²) >= 11 is 14.2. The SMILES string of the molecule is COc1ccc(CCN(Cc2cccs2)C(=O)CN(CC2CCCO2)C(=O)Nc2c(Cl)cccc2Cl)cc1OC. The van der Waals surface area contributed by atoms with Crippen LogP contribution in [-0.4, -0.2) is 68.3 Å². The first-order chi connectivity index (χ1) is 19.4. The lowest BCUT2D eigenvalue weighted by Gasteiger charge is -2.29. The number of benzene rings is 2. The fourth-order valence-corrected chi connectivity index (χ4v) is 5.71. The molecule has 3 amide bonds. The van der Waals surface area contributed by atoms with Crippen molar-refractivity contribution in [1.29, 1.82) is 0 Å². The number of halogens is 2. The normalized spacial score (nSPS) is 14.6. The van der Waals surface area contributed by atoms with Crippen LogP contribution in [0.15, 0.2) is 53.9 Å². The van der Waals surface area contributed by atoms with Gasteiger partial charge in [0.05, 0.1) is 42.6 Å². The van der Waals surface area contributed by atoms with Crippen LogP contribution in [0.3, 0.4) is 0 Å². The van der Waals surface area contributed by atoms with Crippen LogP contribution in [0.25, 0.3) is 0 Å². The Labute approximate surface area is 248 Å². The van der Waals surface area contributed by atoms with Gasteiger partial charge in [-0.05, 0) is 60.5 Å². The number of rotatable bonds is 12. The molecular formula is C29H33Cl2N3O5S. The van der Waals surface area contributed by atoms with E-state index in [1.54, 1.807) is 48.7 Å². The molecule has 40 heavy (non-hydrogen) atoms. The van der Waals surface area contributed by atoms with Crippen molar-refractivity contribution in [2.45, 2.75) is 31.9 Å². The van der Waals surface area contributed by atoms with Gasteiger partial charge in [-0.1, -0.05) is 41.4 Å². The van der Waals surface area contributed by atoms with Crippen molar-refractivity contribution in [1.82, 2.24) is 9.80 Å². The van der Waals surface area contributed by atoms with Crippen LogP contribution in [0.2, 0.25) is 10.0 Å². The molecule has 0 saturated carbocycles. The third-order valence-electron chi connectivity index (χ3n) is 6.65. The van der Waals surface area contributed by atoms with Crippen molar-refractivity contribution in [3.05, 3.63) is 74.4 Å². The van der Waals surface area contributed by atoms with Crippen LogP contribution in [0, 0.1) is 0 Å². The van der Waals surface area contributed by atoms with Gasteiger partial charge >= 0.3 is 6.03 Å². The molecule has 1 aromatic heterocycles. The van der Waals surface area contributed by atoms with E-state index in [2.05, 4.69) is 5.32 Å². The summed E-state index contributed by atoms with van der Waals surface area (Å²) in [5.41, 5.74) is 1.31. The zero-order chi connectivity index (χ0) is 28.5. The summed E-state index contributed by atoms with van der Waals surface area (Å²) in [7, 11) is 3.19. The second kappa shape index (κ2) is 14.6. The van der Waals surface area contributed by atoms with Crippen LogP contribution in [0.5, 0.6) is 11.5 Å². The molecule has 0 aliphatic carbocycles. The third kappa shape index (κ3) is 8.04. The molecule has 3 aromatic rings. The number of carbonyl (C=O) groups excluding carboxylic acids is 2. The maximum Gasteiger partial charge on any atom is 0.322 e. The number of nitrogens with one attached hydrogen (secondary N) is 1. The fourth-order valence-electron chi connectivity index (χ4n) is 4.50. The molecule has 0 spiro atoms. The average molecular weight is 607 g/mol. The smallest absolute Gasteiger partial charge is 0.322 e. The summed E-state index contributed by atoms with van der Waals surface area (Å²) < 4.78 is 16.6. The number of thiophene rings is 1. The highest BCUT2D eigenvalue weighted by atomic mass is 35.5. The van der Waals surface area contributed by atoms with E-state index in [0.717, 1.165) is 23.3 Å². The van der Waals surface area contributed by atoms with Crippen LogP contribution in [0.4, 0.5) is 10.5 Å². The number of methoxy groups -OCH3 is 2. The summed E-state index contributed by atoms with van der Waals surface area (Å²) in [4.78, 5) is 31.5. The number of anilines is 1. The lowest BCUT2D eigenvalue weighted by Crippen LogP contribution is -2.47. The predicted molar refractivity (Wildman–Crippen MR) is 159 cm³/mol. The summed E-state index contributed by atoms with van der Waals surface area (Å²) in [6, 6.07) is 14.2. The molecule has 214 valence electrons. The van der Waals surface area contributed by atoms with Crippen LogP contribution in [0.1, 0.15) is 23.3 Å². The van der Waals surface area contributed by atoms with Gasteiger partial charge < -0.3 is 29.3 Å². The number of ether oxygens (including phenoxy) is 3. The van der Waals surface area contributed by atoms with Gasteiger partial charge in [-0.15, -0.1) is 11.3 Å². The maximum absolute atomic E-state index is 13.8. The van der Waals surface area contributed by atoms with Crippen LogP contribution >= 0.6 is 34.5 Å². The molecule has 1 unspecified atom stereocenters. The molecule has 1 aliphatic heterocycles. The van der Waals surface area contributed by atoms with E-state index in [1.165, 1.54) is 4.90 Å². The molecule has 0 bridgehead atoms. The van der Waals surface area contributed by atoms with Gasteiger partial charge in [0.25, 0.3) is 0 Å². The van der Waals surface area contributed by atoms with E-state index in [4.69, 9.17) is 37.4 Å².